The monoisotopic (exact) mass is 262 g/mol. The van der Waals surface area contributed by atoms with E-state index < -0.39 is 0 Å². The van der Waals surface area contributed by atoms with Gasteiger partial charge in [0.2, 0.25) is 0 Å². The molecule has 18 heavy (non-hydrogen) atoms. The number of nitrogen functional groups attached to an aromatic ring is 1. The number of nitrogens with two attached hydrogens (primary N) is 1. The second-order valence-corrected chi connectivity index (χ2v) is 4.39. The van der Waals surface area contributed by atoms with Crippen LogP contribution in [0.1, 0.15) is 5.56 Å². The van der Waals surface area contributed by atoms with Gasteiger partial charge in [0.25, 0.3) is 0 Å². The number of anilines is 3. The van der Waals surface area contributed by atoms with Crippen molar-refractivity contribution in [2.75, 3.05) is 18.2 Å². The summed E-state index contributed by atoms with van der Waals surface area (Å²) in [6.07, 6.45) is 0. The van der Waals surface area contributed by atoms with Crippen molar-refractivity contribution in [2.45, 2.75) is 6.92 Å². The predicted molar refractivity (Wildman–Crippen MR) is 76.9 cm³/mol. The molecule has 0 heterocycles. The molecule has 3 nitrogen and oxygen atoms in total. The minimum Gasteiger partial charge on any atom is -0.495 e. The first-order chi connectivity index (χ1) is 8.63. The summed E-state index contributed by atoms with van der Waals surface area (Å²) >= 11 is 6.17. The van der Waals surface area contributed by atoms with Crippen LogP contribution in [0.25, 0.3) is 0 Å². The van der Waals surface area contributed by atoms with Crippen molar-refractivity contribution in [3.8, 4) is 5.75 Å². The summed E-state index contributed by atoms with van der Waals surface area (Å²) in [7, 11) is 1.59. The topological polar surface area (TPSA) is 47.3 Å². The summed E-state index contributed by atoms with van der Waals surface area (Å²) in [5.41, 5.74) is 9.28. The Morgan fingerprint density at radius 1 is 1.17 bits per heavy atom. The van der Waals surface area contributed by atoms with Gasteiger partial charge in [-0.25, -0.2) is 0 Å². The van der Waals surface area contributed by atoms with Crippen molar-refractivity contribution >= 4 is 28.7 Å². The molecule has 94 valence electrons. The molecule has 0 atom stereocenters. The molecule has 2 rings (SSSR count). The summed E-state index contributed by atoms with van der Waals surface area (Å²) in [5, 5.41) is 3.91. The third-order valence-corrected chi connectivity index (χ3v) is 3.08. The summed E-state index contributed by atoms with van der Waals surface area (Å²) in [6.45, 7) is 1.99. The van der Waals surface area contributed by atoms with Gasteiger partial charge in [-0.1, -0.05) is 29.8 Å². The highest BCUT2D eigenvalue weighted by Crippen LogP contribution is 2.34. The van der Waals surface area contributed by atoms with Gasteiger partial charge in [-0.3, -0.25) is 0 Å². The fourth-order valence-corrected chi connectivity index (χ4v) is 2.02. The van der Waals surface area contributed by atoms with E-state index in [2.05, 4.69) is 5.32 Å². The van der Waals surface area contributed by atoms with E-state index in [1.807, 2.05) is 43.3 Å². The first kappa shape index (κ1) is 12.6. The molecule has 0 aromatic heterocycles. The largest absolute Gasteiger partial charge is 0.495 e. The fourth-order valence-electron chi connectivity index (χ4n) is 1.76. The maximum Gasteiger partial charge on any atom is 0.143 e. The van der Waals surface area contributed by atoms with Crippen LogP contribution in [0.2, 0.25) is 5.02 Å². The van der Waals surface area contributed by atoms with Gasteiger partial charge in [-0.15, -0.1) is 0 Å². The van der Waals surface area contributed by atoms with Gasteiger partial charge in [0.1, 0.15) is 5.75 Å². The maximum absolute atomic E-state index is 6.17. The lowest BCUT2D eigenvalue weighted by molar-refractivity contribution is 0.417. The van der Waals surface area contributed by atoms with Gasteiger partial charge in [0, 0.05) is 0 Å². The van der Waals surface area contributed by atoms with E-state index in [9.17, 15) is 0 Å². The molecule has 0 saturated carbocycles. The smallest absolute Gasteiger partial charge is 0.143 e. The summed E-state index contributed by atoms with van der Waals surface area (Å²) in [6, 6.07) is 11.3. The number of ether oxygens (including phenoxy) is 1. The molecule has 0 unspecified atom stereocenters. The normalized spacial score (nSPS) is 10.2. The first-order valence-electron chi connectivity index (χ1n) is 5.58. The van der Waals surface area contributed by atoms with Crippen LogP contribution in [0, 0.1) is 6.92 Å². The van der Waals surface area contributed by atoms with E-state index in [1.54, 1.807) is 7.11 Å². The fraction of sp³-hybridized carbons (Fsp3) is 0.143. The Bertz CT molecular complexity index is 549. The van der Waals surface area contributed by atoms with Gasteiger partial charge in [0.05, 0.1) is 29.2 Å². The molecule has 0 aliphatic rings. The van der Waals surface area contributed by atoms with Crippen molar-refractivity contribution in [2.24, 2.45) is 0 Å². The zero-order valence-corrected chi connectivity index (χ0v) is 11.1. The van der Waals surface area contributed by atoms with Gasteiger partial charge in [-0.2, -0.15) is 0 Å². The Labute approximate surface area is 112 Å². The molecule has 0 aliphatic heterocycles. The molecule has 3 N–H and O–H groups in total. The molecule has 2 aromatic carbocycles. The summed E-state index contributed by atoms with van der Waals surface area (Å²) in [5.74, 6) is 0.643. The Hall–Kier alpha value is -1.87. The number of para-hydroxylation sites is 2. The van der Waals surface area contributed by atoms with E-state index in [1.165, 1.54) is 0 Å². The van der Waals surface area contributed by atoms with E-state index in [-0.39, 0.29) is 0 Å². The summed E-state index contributed by atoms with van der Waals surface area (Å²) < 4.78 is 5.19. The highest BCUT2D eigenvalue weighted by Gasteiger charge is 2.08. The second kappa shape index (κ2) is 5.19. The van der Waals surface area contributed by atoms with Gasteiger partial charge in [0.15, 0.2) is 0 Å². The number of hydrogen-bond acceptors (Lipinski definition) is 3. The molecular formula is C14H15ClN2O. The van der Waals surface area contributed by atoms with E-state index in [4.69, 9.17) is 22.1 Å². The van der Waals surface area contributed by atoms with Crippen molar-refractivity contribution in [3.63, 3.8) is 0 Å². The van der Waals surface area contributed by atoms with Crippen molar-refractivity contribution < 1.29 is 4.74 Å². The number of aryl methyl sites for hydroxylation is 1. The van der Waals surface area contributed by atoms with Crippen LogP contribution in [-0.2, 0) is 0 Å². The number of hydrogen-bond donors (Lipinski definition) is 2. The van der Waals surface area contributed by atoms with Crippen LogP contribution in [0.15, 0.2) is 36.4 Å². The Kier molecular flexibility index (Phi) is 3.63. The van der Waals surface area contributed by atoms with Gasteiger partial charge < -0.3 is 15.8 Å². The average molecular weight is 263 g/mol. The van der Waals surface area contributed by atoms with Crippen molar-refractivity contribution in [1.29, 1.82) is 0 Å². The molecule has 0 amide bonds. The van der Waals surface area contributed by atoms with Crippen LogP contribution in [0.4, 0.5) is 17.1 Å². The second-order valence-electron chi connectivity index (χ2n) is 3.98. The quantitative estimate of drug-likeness (QED) is 0.823. The van der Waals surface area contributed by atoms with Crippen LogP contribution < -0.4 is 15.8 Å². The molecule has 0 spiro atoms. The zero-order valence-electron chi connectivity index (χ0n) is 10.3. The molecule has 0 radical (unpaired) electrons. The molecule has 2 aromatic rings. The average Bonchev–Trinajstić information content (AvgIpc) is 2.36. The van der Waals surface area contributed by atoms with E-state index in [0.29, 0.717) is 16.5 Å². The lowest BCUT2D eigenvalue weighted by Gasteiger charge is -2.14. The van der Waals surface area contributed by atoms with Crippen LogP contribution in [-0.4, -0.2) is 7.11 Å². The van der Waals surface area contributed by atoms with Crippen LogP contribution in [0.3, 0.4) is 0 Å². The number of nitrogens with one attached hydrogen (secondary N) is 1. The highest BCUT2D eigenvalue weighted by atomic mass is 35.5. The third-order valence-electron chi connectivity index (χ3n) is 2.77. The molecule has 0 fully saturated rings. The molecule has 0 aliphatic carbocycles. The SMILES string of the molecule is COc1cccc(Nc2c(C)cccc2Cl)c1N. The van der Waals surface area contributed by atoms with E-state index >= 15 is 0 Å². The third kappa shape index (κ3) is 2.36. The zero-order chi connectivity index (χ0) is 13.1. The lowest BCUT2D eigenvalue weighted by atomic mass is 10.2. The maximum atomic E-state index is 6.17. The number of halogens is 1. The van der Waals surface area contributed by atoms with Crippen molar-refractivity contribution in [3.05, 3.63) is 47.0 Å². The molecule has 0 saturated heterocycles. The first-order valence-corrected chi connectivity index (χ1v) is 5.96. The van der Waals surface area contributed by atoms with E-state index in [0.717, 1.165) is 16.9 Å². The van der Waals surface area contributed by atoms with Crippen LogP contribution >= 0.6 is 11.6 Å². The standard InChI is InChI=1S/C14H15ClN2O/c1-9-5-3-6-10(15)14(9)17-11-7-4-8-12(18-2)13(11)16/h3-8,17H,16H2,1-2H3. The molecular weight excluding hydrogens is 248 g/mol. The van der Waals surface area contributed by atoms with Crippen molar-refractivity contribution in [1.82, 2.24) is 0 Å². The van der Waals surface area contributed by atoms with Gasteiger partial charge in [-0.05, 0) is 30.7 Å². The number of rotatable bonds is 3. The summed E-state index contributed by atoms with van der Waals surface area (Å²) in [4.78, 5) is 0. The number of methoxy groups -OCH3 is 1. The highest BCUT2D eigenvalue weighted by molar-refractivity contribution is 6.33. The minimum atomic E-state index is 0.569. The van der Waals surface area contributed by atoms with Gasteiger partial charge >= 0.3 is 0 Å². The Morgan fingerprint density at radius 2 is 1.89 bits per heavy atom. The predicted octanol–water partition coefficient (Wildman–Crippen LogP) is 3.98. The molecule has 4 heteroatoms. The Balaban J connectivity index is 2.40. The lowest BCUT2D eigenvalue weighted by Crippen LogP contribution is -2.00. The Morgan fingerprint density at radius 3 is 2.56 bits per heavy atom. The molecule has 0 bridgehead atoms. The number of benzene rings is 2. The van der Waals surface area contributed by atoms with Crippen LogP contribution in [0.5, 0.6) is 5.75 Å². The minimum absolute atomic E-state index is 0.569.